The van der Waals surface area contributed by atoms with E-state index in [-0.39, 0.29) is 5.91 Å². The highest BCUT2D eigenvalue weighted by molar-refractivity contribution is 5.92. The van der Waals surface area contributed by atoms with E-state index in [1.165, 1.54) is 12.8 Å². The molecule has 0 aliphatic carbocycles. The SMILES string of the molecule is COCCNc1nccc(C(=O)N2CCCCCC2)n1. The zero-order valence-electron chi connectivity index (χ0n) is 12.0. The minimum Gasteiger partial charge on any atom is -0.383 e. The number of amides is 1. The Hall–Kier alpha value is -1.69. The number of anilines is 1. The van der Waals surface area contributed by atoms with E-state index >= 15 is 0 Å². The predicted octanol–water partition coefficient (Wildman–Crippen LogP) is 1.55. The van der Waals surface area contributed by atoms with E-state index in [0.29, 0.717) is 24.8 Å². The molecule has 1 amide bonds. The van der Waals surface area contributed by atoms with Crippen LogP contribution >= 0.6 is 0 Å². The molecule has 1 saturated heterocycles. The van der Waals surface area contributed by atoms with Gasteiger partial charge in [0, 0.05) is 32.9 Å². The van der Waals surface area contributed by atoms with Crippen LogP contribution in [0.3, 0.4) is 0 Å². The van der Waals surface area contributed by atoms with Gasteiger partial charge in [-0.3, -0.25) is 4.79 Å². The molecule has 1 aliphatic heterocycles. The van der Waals surface area contributed by atoms with Gasteiger partial charge in [0.25, 0.3) is 5.91 Å². The molecule has 110 valence electrons. The summed E-state index contributed by atoms with van der Waals surface area (Å²) in [6.45, 7) is 2.86. The molecule has 0 spiro atoms. The summed E-state index contributed by atoms with van der Waals surface area (Å²) < 4.78 is 4.96. The quantitative estimate of drug-likeness (QED) is 0.828. The lowest BCUT2D eigenvalue weighted by atomic mass is 10.2. The Morgan fingerprint density at radius 3 is 2.80 bits per heavy atom. The monoisotopic (exact) mass is 278 g/mol. The Morgan fingerprint density at radius 1 is 1.35 bits per heavy atom. The number of nitrogens with zero attached hydrogens (tertiary/aromatic N) is 3. The van der Waals surface area contributed by atoms with Gasteiger partial charge in [-0.1, -0.05) is 12.8 Å². The Kier molecular flexibility index (Phi) is 5.73. The molecule has 0 saturated carbocycles. The van der Waals surface area contributed by atoms with E-state index in [0.717, 1.165) is 25.9 Å². The van der Waals surface area contributed by atoms with Crippen LogP contribution in [-0.2, 0) is 4.74 Å². The molecule has 0 bridgehead atoms. The molecule has 1 fully saturated rings. The van der Waals surface area contributed by atoms with Crippen LogP contribution in [0.2, 0.25) is 0 Å². The highest BCUT2D eigenvalue weighted by atomic mass is 16.5. The van der Waals surface area contributed by atoms with Crippen LogP contribution in [0.1, 0.15) is 36.2 Å². The molecule has 20 heavy (non-hydrogen) atoms. The van der Waals surface area contributed by atoms with Gasteiger partial charge in [0.2, 0.25) is 5.95 Å². The smallest absolute Gasteiger partial charge is 0.272 e. The second-order valence-corrected chi connectivity index (χ2v) is 4.89. The molecule has 0 radical (unpaired) electrons. The van der Waals surface area contributed by atoms with E-state index in [2.05, 4.69) is 15.3 Å². The van der Waals surface area contributed by atoms with Gasteiger partial charge >= 0.3 is 0 Å². The van der Waals surface area contributed by atoms with Crippen LogP contribution in [0.25, 0.3) is 0 Å². The summed E-state index contributed by atoms with van der Waals surface area (Å²) in [5, 5.41) is 3.04. The third-order valence-electron chi connectivity index (χ3n) is 3.36. The molecule has 0 unspecified atom stereocenters. The maximum Gasteiger partial charge on any atom is 0.272 e. The standard InChI is InChI=1S/C14H22N4O2/c1-20-11-8-16-14-15-7-6-12(17-14)13(19)18-9-4-2-3-5-10-18/h6-7H,2-5,8-11H2,1H3,(H,15,16,17). The number of carbonyl (C=O) groups excluding carboxylic acids is 1. The van der Waals surface area contributed by atoms with Crippen molar-refractivity contribution in [1.82, 2.24) is 14.9 Å². The van der Waals surface area contributed by atoms with E-state index in [1.54, 1.807) is 19.4 Å². The third-order valence-corrected chi connectivity index (χ3v) is 3.36. The van der Waals surface area contributed by atoms with Crippen LogP contribution in [0, 0.1) is 0 Å². The van der Waals surface area contributed by atoms with Gasteiger partial charge in [-0.05, 0) is 18.9 Å². The highest BCUT2D eigenvalue weighted by Gasteiger charge is 2.18. The lowest BCUT2D eigenvalue weighted by molar-refractivity contribution is 0.0755. The van der Waals surface area contributed by atoms with E-state index in [9.17, 15) is 4.79 Å². The number of likely N-dealkylation sites (tertiary alicyclic amines) is 1. The van der Waals surface area contributed by atoms with E-state index in [1.807, 2.05) is 4.90 Å². The lowest BCUT2D eigenvalue weighted by Crippen LogP contribution is -2.32. The second-order valence-electron chi connectivity index (χ2n) is 4.89. The zero-order valence-corrected chi connectivity index (χ0v) is 12.0. The van der Waals surface area contributed by atoms with Gasteiger partial charge < -0.3 is 15.0 Å². The van der Waals surface area contributed by atoms with Gasteiger partial charge in [0.15, 0.2) is 0 Å². The molecular weight excluding hydrogens is 256 g/mol. The summed E-state index contributed by atoms with van der Waals surface area (Å²) in [6.07, 6.45) is 6.19. The third kappa shape index (κ3) is 4.16. The number of hydrogen-bond acceptors (Lipinski definition) is 5. The first-order valence-electron chi connectivity index (χ1n) is 7.16. The largest absolute Gasteiger partial charge is 0.383 e. The Bertz CT molecular complexity index is 431. The second kappa shape index (κ2) is 7.79. The van der Waals surface area contributed by atoms with Gasteiger partial charge in [-0.25, -0.2) is 9.97 Å². The number of rotatable bonds is 5. The maximum absolute atomic E-state index is 12.4. The molecule has 6 nitrogen and oxygen atoms in total. The van der Waals surface area contributed by atoms with Crippen molar-refractivity contribution in [2.75, 3.05) is 38.7 Å². The average molecular weight is 278 g/mol. The van der Waals surface area contributed by atoms with Crippen molar-refractivity contribution < 1.29 is 9.53 Å². The normalized spacial score (nSPS) is 15.8. The van der Waals surface area contributed by atoms with Gasteiger partial charge in [-0.2, -0.15) is 0 Å². The van der Waals surface area contributed by atoms with Crippen molar-refractivity contribution in [2.45, 2.75) is 25.7 Å². The topological polar surface area (TPSA) is 67.3 Å². The molecule has 1 aromatic rings. The fraction of sp³-hybridized carbons (Fsp3) is 0.643. The van der Waals surface area contributed by atoms with Crippen molar-refractivity contribution in [1.29, 1.82) is 0 Å². The number of nitrogens with one attached hydrogen (secondary N) is 1. The highest BCUT2D eigenvalue weighted by Crippen LogP contribution is 2.12. The maximum atomic E-state index is 12.4. The number of ether oxygens (including phenoxy) is 1. The fourth-order valence-corrected chi connectivity index (χ4v) is 2.26. The van der Waals surface area contributed by atoms with Gasteiger partial charge in [-0.15, -0.1) is 0 Å². The Balaban J connectivity index is 1.99. The predicted molar refractivity (Wildman–Crippen MR) is 76.8 cm³/mol. The van der Waals surface area contributed by atoms with E-state index < -0.39 is 0 Å². The minimum absolute atomic E-state index is 0.00379. The number of carbonyl (C=O) groups is 1. The number of aromatic nitrogens is 2. The van der Waals surface area contributed by atoms with Crippen LogP contribution in [0.15, 0.2) is 12.3 Å². The number of hydrogen-bond donors (Lipinski definition) is 1. The summed E-state index contributed by atoms with van der Waals surface area (Å²) in [5.41, 5.74) is 0.460. The summed E-state index contributed by atoms with van der Waals surface area (Å²) in [7, 11) is 1.64. The van der Waals surface area contributed by atoms with Crippen LogP contribution in [0.5, 0.6) is 0 Å². The minimum atomic E-state index is 0.00379. The van der Waals surface area contributed by atoms with Crippen molar-refractivity contribution >= 4 is 11.9 Å². The number of methoxy groups -OCH3 is 1. The Labute approximate surface area is 119 Å². The summed E-state index contributed by atoms with van der Waals surface area (Å²) in [4.78, 5) is 22.7. The summed E-state index contributed by atoms with van der Waals surface area (Å²) in [5.74, 6) is 0.479. The first kappa shape index (κ1) is 14.7. The molecule has 1 aromatic heterocycles. The lowest BCUT2D eigenvalue weighted by Gasteiger charge is -2.19. The Morgan fingerprint density at radius 2 is 2.10 bits per heavy atom. The molecule has 0 aromatic carbocycles. The molecule has 6 heteroatoms. The average Bonchev–Trinajstić information content (AvgIpc) is 2.76. The molecule has 0 atom stereocenters. The molecule has 1 aliphatic rings. The summed E-state index contributed by atoms with van der Waals surface area (Å²) in [6, 6.07) is 1.68. The molecular formula is C14H22N4O2. The first-order valence-corrected chi connectivity index (χ1v) is 7.16. The van der Waals surface area contributed by atoms with Gasteiger partial charge in [0.1, 0.15) is 5.69 Å². The fourth-order valence-electron chi connectivity index (χ4n) is 2.26. The zero-order chi connectivity index (χ0) is 14.2. The van der Waals surface area contributed by atoms with Gasteiger partial charge in [0.05, 0.1) is 6.61 Å². The van der Waals surface area contributed by atoms with Crippen molar-refractivity contribution in [3.63, 3.8) is 0 Å². The summed E-state index contributed by atoms with van der Waals surface area (Å²) >= 11 is 0. The van der Waals surface area contributed by atoms with Crippen molar-refractivity contribution in [2.24, 2.45) is 0 Å². The molecule has 2 heterocycles. The van der Waals surface area contributed by atoms with Crippen LogP contribution in [0.4, 0.5) is 5.95 Å². The van der Waals surface area contributed by atoms with E-state index in [4.69, 9.17) is 4.74 Å². The van der Waals surface area contributed by atoms with Crippen molar-refractivity contribution in [3.8, 4) is 0 Å². The van der Waals surface area contributed by atoms with Crippen LogP contribution in [-0.4, -0.2) is 54.1 Å². The molecule has 1 N–H and O–H groups in total. The van der Waals surface area contributed by atoms with Crippen molar-refractivity contribution in [3.05, 3.63) is 18.0 Å². The molecule has 2 rings (SSSR count). The van der Waals surface area contributed by atoms with Crippen LogP contribution < -0.4 is 5.32 Å². The first-order chi connectivity index (χ1) is 9.81.